The van der Waals surface area contributed by atoms with E-state index >= 15 is 0 Å². The molecule has 0 aliphatic rings. The Bertz CT molecular complexity index is 1580. The molecule has 0 unspecified atom stereocenters. The number of fused-ring (bicyclic) bond motifs is 1. The van der Waals surface area contributed by atoms with Gasteiger partial charge < -0.3 is 15.6 Å². The minimum Gasteiger partial charge on any atom is -0.397 e. The van der Waals surface area contributed by atoms with Crippen LogP contribution in [-0.4, -0.2) is 25.8 Å². The van der Waals surface area contributed by atoms with Crippen molar-refractivity contribution in [2.24, 2.45) is 0 Å². The lowest BCUT2D eigenvalue weighted by molar-refractivity contribution is -0.136. The number of anilines is 2. The first-order valence-corrected chi connectivity index (χ1v) is 11.1. The molecule has 0 aliphatic heterocycles. The summed E-state index contributed by atoms with van der Waals surface area (Å²) in [6, 6.07) is 4.22. The highest BCUT2D eigenvalue weighted by atomic mass is 19.4. The zero-order valence-electron chi connectivity index (χ0n) is 19.4. The van der Waals surface area contributed by atoms with Gasteiger partial charge in [-0.1, -0.05) is 0 Å². The van der Waals surface area contributed by atoms with Gasteiger partial charge in [-0.15, -0.1) is 0 Å². The Hall–Kier alpha value is -4.29. The minimum atomic E-state index is -4.74. The van der Waals surface area contributed by atoms with Gasteiger partial charge in [-0.25, -0.2) is 9.49 Å². The molecule has 4 aromatic rings. The van der Waals surface area contributed by atoms with Crippen LogP contribution in [0.4, 0.5) is 33.3 Å². The largest absolute Gasteiger partial charge is 0.418 e. The zero-order chi connectivity index (χ0) is 26.9. The number of hydrogen-bond acceptors (Lipinski definition) is 6. The highest BCUT2D eigenvalue weighted by Crippen LogP contribution is 2.36. The molecule has 37 heavy (non-hydrogen) atoms. The first-order valence-electron chi connectivity index (χ1n) is 11.1. The minimum absolute atomic E-state index is 0.0386. The van der Waals surface area contributed by atoms with E-state index in [0.717, 1.165) is 18.5 Å². The molecule has 0 aliphatic carbocycles. The fourth-order valence-electron chi connectivity index (χ4n) is 3.93. The summed E-state index contributed by atoms with van der Waals surface area (Å²) in [5, 5.41) is 8.76. The molecule has 4 N–H and O–H groups in total. The summed E-state index contributed by atoms with van der Waals surface area (Å²) in [6.45, 7) is 2.05. The molecular weight excluding hydrogens is 499 g/mol. The number of hydrogen-bond donors (Lipinski definition) is 3. The smallest absolute Gasteiger partial charge is 0.397 e. The van der Waals surface area contributed by atoms with Crippen molar-refractivity contribution < 1.29 is 22.0 Å². The maximum absolute atomic E-state index is 14.9. The van der Waals surface area contributed by atoms with Gasteiger partial charge in [0.1, 0.15) is 5.82 Å². The molecule has 1 aromatic carbocycles. The predicted octanol–water partition coefficient (Wildman–Crippen LogP) is 4.31. The Labute approximate surface area is 206 Å². The molecule has 0 spiro atoms. The van der Waals surface area contributed by atoms with Crippen LogP contribution in [0.3, 0.4) is 0 Å². The van der Waals surface area contributed by atoms with Gasteiger partial charge in [-0.2, -0.15) is 22.7 Å². The van der Waals surface area contributed by atoms with Crippen molar-refractivity contribution in [1.82, 2.24) is 19.7 Å². The highest BCUT2D eigenvalue weighted by molar-refractivity contribution is 5.86. The number of nitrogens with zero attached hydrogens (tertiary/aromatic N) is 3. The van der Waals surface area contributed by atoms with Crippen LogP contribution in [-0.2, 0) is 12.7 Å². The van der Waals surface area contributed by atoms with Crippen molar-refractivity contribution >= 4 is 22.1 Å². The lowest BCUT2D eigenvalue weighted by Crippen LogP contribution is -2.23. The Morgan fingerprint density at radius 2 is 1.92 bits per heavy atom. The van der Waals surface area contributed by atoms with E-state index in [0.29, 0.717) is 24.3 Å². The molecule has 0 fully saturated rings. The van der Waals surface area contributed by atoms with Crippen LogP contribution in [0.15, 0.2) is 52.4 Å². The van der Waals surface area contributed by atoms with E-state index in [1.54, 1.807) is 13.0 Å². The molecule has 4 rings (SSSR count). The number of nitrogens with two attached hydrogens (primary N) is 1. The fraction of sp³-hybridized carbons (Fsp3) is 0.250. The second-order valence-electron chi connectivity index (χ2n) is 8.50. The molecule has 13 heteroatoms. The Morgan fingerprint density at radius 1 is 1.16 bits per heavy atom. The summed E-state index contributed by atoms with van der Waals surface area (Å²) in [5.74, 6) is -1.88. The van der Waals surface area contributed by atoms with Gasteiger partial charge in [-0.05, 0) is 49.4 Å². The zero-order valence-corrected chi connectivity index (χ0v) is 19.4. The van der Waals surface area contributed by atoms with Crippen molar-refractivity contribution in [2.75, 3.05) is 11.1 Å². The number of pyridine rings is 2. The first kappa shape index (κ1) is 25.8. The van der Waals surface area contributed by atoms with E-state index < -0.39 is 40.2 Å². The predicted molar refractivity (Wildman–Crippen MR) is 128 cm³/mol. The molecule has 194 valence electrons. The molecule has 3 aromatic heterocycles. The molecule has 0 radical (unpaired) electrons. The van der Waals surface area contributed by atoms with Gasteiger partial charge in [0, 0.05) is 24.3 Å². The van der Waals surface area contributed by atoms with E-state index in [1.165, 1.54) is 16.8 Å². The molecule has 0 amide bonds. The number of rotatable bonds is 7. The van der Waals surface area contributed by atoms with Gasteiger partial charge >= 0.3 is 11.7 Å². The van der Waals surface area contributed by atoms with Crippen molar-refractivity contribution in [3.63, 3.8) is 0 Å². The molecule has 1 atom stereocenters. The lowest BCUT2D eigenvalue weighted by Gasteiger charge is -2.15. The van der Waals surface area contributed by atoms with Crippen LogP contribution >= 0.6 is 0 Å². The number of benzene rings is 1. The number of aryl methyl sites for hydroxylation is 1. The average molecular weight is 520 g/mol. The summed E-state index contributed by atoms with van der Waals surface area (Å²) in [5.41, 5.74) is 1.74. The third-order valence-electron chi connectivity index (χ3n) is 5.81. The van der Waals surface area contributed by atoms with Crippen LogP contribution in [0.5, 0.6) is 0 Å². The van der Waals surface area contributed by atoms with Crippen LogP contribution < -0.4 is 22.2 Å². The van der Waals surface area contributed by atoms with Gasteiger partial charge in [-0.3, -0.25) is 14.6 Å². The van der Waals surface area contributed by atoms with Crippen LogP contribution in [0, 0.1) is 11.6 Å². The number of halogens is 5. The summed E-state index contributed by atoms with van der Waals surface area (Å²) in [7, 11) is 0. The number of alkyl halides is 3. The number of H-pyrrole nitrogens is 1. The topological polar surface area (TPSA) is 119 Å². The Morgan fingerprint density at radius 3 is 2.65 bits per heavy atom. The second kappa shape index (κ2) is 9.99. The van der Waals surface area contributed by atoms with Gasteiger partial charge in [0.05, 0.1) is 40.4 Å². The van der Waals surface area contributed by atoms with Crippen molar-refractivity contribution in [1.29, 1.82) is 0 Å². The number of aromatic amines is 1. The van der Waals surface area contributed by atoms with E-state index in [2.05, 4.69) is 15.4 Å². The van der Waals surface area contributed by atoms with Gasteiger partial charge in [0.2, 0.25) is 5.82 Å². The number of nitrogen functional groups attached to an aromatic ring is 1. The second-order valence-corrected chi connectivity index (χ2v) is 8.50. The quantitative estimate of drug-likeness (QED) is 0.313. The normalized spacial score (nSPS) is 12.6. The molecule has 0 bridgehead atoms. The van der Waals surface area contributed by atoms with Gasteiger partial charge in [0.25, 0.3) is 5.56 Å². The van der Waals surface area contributed by atoms with Crippen molar-refractivity contribution in [2.45, 2.75) is 38.5 Å². The standard InChI is InChI=1S/C24H21F5N6O2/c1-12(33-20-11-32-34-22(36)21(20)26)3-2-5-35-6-4-13-7-15(17(25)8-14(13)23(35)37)19-9-16(24(27,28)29)18(30)10-31-19/h4,6-12H,2-3,5,30H2,1H3,(H2,33,34,36)/t12-/m0/s1. The Kier molecular flexibility index (Phi) is 6.96. The molecule has 8 nitrogen and oxygen atoms in total. The van der Waals surface area contributed by atoms with Crippen molar-refractivity contribution in [3.05, 3.63) is 80.8 Å². The van der Waals surface area contributed by atoms with Crippen LogP contribution in [0.1, 0.15) is 25.3 Å². The van der Waals surface area contributed by atoms with Crippen LogP contribution in [0.25, 0.3) is 22.0 Å². The third kappa shape index (κ3) is 5.44. The Balaban J connectivity index is 1.52. The van der Waals surface area contributed by atoms with E-state index in [4.69, 9.17) is 5.73 Å². The van der Waals surface area contributed by atoms with E-state index in [-0.39, 0.29) is 34.9 Å². The van der Waals surface area contributed by atoms with E-state index in [9.17, 15) is 31.5 Å². The lowest BCUT2D eigenvalue weighted by atomic mass is 10.0. The maximum Gasteiger partial charge on any atom is 0.418 e. The third-order valence-corrected chi connectivity index (χ3v) is 5.81. The SMILES string of the molecule is C[C@@H](CCCn1ccc2cc(-c3cc(C(F)(F)F)c(N)cn3)c(F)cc2c1=O)Nc1cn[nH]c(=O)c1F. The highest BCUT2D eigenvalue weighted by Gasteiger charge is 2.33. The summed E-state index contributed by atoms with van der Waals surface area (Å²) in [4.78, 5) is 28.0. The summed E-state index contributed by atoms with van der Waals surface area (Å²) >= 11 is 0. The molecule has 0 saturated heterocycles. The average Bonchev–Trinajstić information content (AvgIpc) is 2.83. The molecular formula is C24H21F5N6O2. The maximum atomic E-state index is 14.9. The molecule has 3 heterocycles. The summed E-state index contributed by atoms with van der Waals surface area (Å²) in [6.07, 6.45) is -0.256. The fourth-order valence-corrected chi connectivity index (χ4v) is 3.93. The van der Waals surface area contributed by atoms with Crippen LogP contribution in [0.2, 0.25) is 0 Å². The number of nitrogens with one attached hydrogen (secondary N) is 2. The number of aromatic nitrogens is 4. The van der Waals surface area contributed by atoms with Gasteiger partial charge in [0.15, 0.2) is 0 Å². The summed E-state index contributed by atoms with van der Waals surface area (Å²) < 4.78 is 69.7. The molecule has 0 saturated carbocycles. The van der Waals surface area contributed by atoms with E-state index in [1.807, 2.05) is 5.10 Å². The first-order chi connectivity index (χ1) is 17.5. The monoisotopic (exact) mass is 520 g/mol. The van der Waals surface area contributed by atoms with Crippen molar-refractivity contribution in [3.8, 4) is 11.3 Å².